The van der Waals surface area contributed by atoms with Crippen LogP contribution < -0.4 is 0 Å². The number of hydrogen-bond acceptors (Lipinski definition) is 0. The molecule has 0 saturated carbocycles. The summed E-state index contributed by atoms with van der Waals surface area (Å²) in [6.45, 7) is 8.63. The number of aryl methyl sites for hydroxylation is 1. The molecular formula is C18H32. The first-order valence-corrected chi connectivity index (χ1v) is 7.83. The maximum Gasteiger partial charge on any atom is -0.0279 e. The topological polar surface area (TPSA) is 0 Å². The van der Waals surface area contributed by atoms with Crippen LogP contribution >= 0.6 is 0 Å². The molecule has 0 heterocycles. The average Bonchev–Trinajstić information content (AvgIpc) is 2.41. The first-order valence-electron chi connectivity index (χ1n) is 7.83. The largest absolute Gasteiger partial charge is 0.0683 e. The molecule has 18 heavy (non-hydrogen) atoms. The van der Waals surface area contributed by atoms with Crippen molar-refractivity contribution in [3.8, 4) is 0 Å². The maximum absolute atomic E-state index is 2.31. The lowest BCUT2D eigenvalue weighted by atomic mass is 10.0. The second kappa shape index (κ2) is 12.7. The fourth-order valence-electron chi connectivity index (χ4n) is 2.06. The van der Waals surface area contributed by atoms with E-state index in [1.54, 1.807) is 0 Å². The summed E-state index contributed by atoms with van der Waals surface area (Å²) < 4.78 is 0. The first kappa shape index (κ1) is 17.2. The van der Waals surface area contributed by atoms with E-state index in [4.69, 9.17) is 0 Å². The Hall–Kier alpha value is -0.780. The highest BCUT2D eigenvalue weighted by Crippen LogP contribution is 2.12. The van der Waals surface area contributed by atoms with Crippen LogP contribution in [0.2, 0.25) is 0 Å². The molecule has 0 fully saturated rings. The van der Waals surface area contributed by atoms with E-state index in [9.17, 15) is 0 Å². The third-order valence-corrected chi connectivity index (χ3v) is 3.09. The van der Waals surface area contributed by atoms with Crippen LogP contribution in [0.3, 0.4) is 0 Å². The van der Waals surface area contributed by atoms with Crippen molar-refractivity contribution < 1.29 is 0 Å². The highest BCUT2D eigenvalue weighted by atomic mass is 14.0. The molecule has 1 rings (SSSR count). The summed E-state index contributed by atoms with van der Waals surface area (Å²) >= 11 is 0. The van der Waals surface area contributed by atoms with E-state index in [0.717, 1.165) is 5.92 Å². The summed E-state index contributed by atoms with van der Waals surface area (Å²) in [5.41, 5.74) is 1.49. The SMILES string of the molecule is CC.CC(C)CCCCCCCc1ccccc1. The molecule has 0 aromatic heterocycles. The molecule has 0 saturated heterocycles. The summed E-state index contributed by atoms with van der Waals surface area (Å²) in [4.78, 5) is 0. The van der Waals surface area contributed by atoms with Crippen LogP contribution in [0.4, 0.5) is 0 Å². The Morgan fingerprint density at radius 3 is 1.94 bits per heavy atom. The zero-order valence-electron chi connectivity index (χ0n) is 12.9. The molecule has 0 spiro atoms. The van der Waals surface area contributed by atoms with Gasteiger partial charge in [-0.05, 0) is 24.3 Å². The maximum atomic E-state index is 2.31. The van der Waals surface area contributed by atoms with Gasteiger partial charge in [0.25, 0.3) is 0 Å². The van der Waals surface area contributed by atoms with E-state index in [-0.39, 0.29) is 0 Å². The molecule has 0 radical (unpaired) electrons. The van der Waals surface area contributed by atoms with E-state index in [1.165, 1.54) is 50.5 Å². The molecule has 0 amide bonds. The van der Waals surface area contributed by atoms with E-state index >= 15 is 0 Å². The third-order valence-electron chi connectivity index (χ3n) is 3.09. The summed E-state index contributed by atoms with van der Waals surface area (Å²) in [6, 6.07) is 10.8. The van der Waals surface area contributed by atoms with Gasteiger partial charge in [0.15, 0.2) is 0 Å². The van der Waals surface area contributed by atoms with Crippen LogP contribution in [0.1, 0.15) is 71.8 Å². The van der Waals surface area contributed by atoms with Gasteiger partial charge in [-0.1, -0.05) is 90.1 Å². The number of hydrogen-bond donors (Lipinski definition) is 0. The van der Waals surface area contributed by atoms with Gasteiger partial charge in [-0.25, -0.2) is 0 Å². The van der Waals surface area contributed by atoms with Crippen LogP contribution in [0.25, 0.3) is 0 Å². The molecule has 0 atom stereocenters. The van der Waals surface area contributed by atoms with Gasteiger partial charge in [-0.15, -0.1) is 0 Å². The van der Waals surface area contributed by atoms with Crippen LogP contribution in [0.15, 0.2) is 30.3 Å². The highest BCUT2D eigenvalue weighted by molar-refractivity contribution is 5.14. The van der Waals surface area contributed by atoms with Gasteiger partial charge in [0.1, 0.15) is 0 Å². The van der Waals surface area contributed by atoms with E-state index < -0.39 is 0 Å². The average molecular weight is 248 g/mol. The zero-order valence-corrected chi connectivity index (χ0v) is 12.9. The van der Waals surface area contributed by atoms with E-state index in [1.807, 2.05) is 13.8 Å². The van der Waals surface area contributed by atoms with Gasteiger partial charge in [0, 0.05) is 0 Å². The summed E-state index contributed by atoms with van der Waals surface area (Å²) in [5.74, 6) is 0.879. The molecule has 0 aliphatic rings. The monoisotopic (exact) mass is 248 g/mol. The normalized spacial score (nSPS) is 10.1. The fraction of sp³-hybridized carbons (Fsp3) is 0.667. The van der Waals surface area contributed by atoms with Crippen LogP contribution in [-0.4, -0.2) is 0 Å². The summed E-state index contributed by atoms with van der Waals surface area (Å²) in [5, 5.41) is 0. The lowest BCUT2D eigenvalue weighted by molar-refractivity contribution is 0.515. The molecule has 0 nitrogen and oxygen atoms in total. The summed E-state index contributed by atoms with van der Waals surface area (Å²) in [6.07, 6.45) is 9.66. The van der Waals surface area contributed by atoms with Gasteiger partial charge in [0.2, 0.25) is 0 Å². The molecule has 104 valence electrons. The molecule has 0 N–H and O–H groups in total. The van der Waals surface area contributed by atoms with Crippen molar-refractivity contribution in [2.75, 3.05) is 0 Å². The van der Waals surface area contributed by atoms with Crippen molar-refractivity contribution in [3.63, 3.8) is 0 Å². The fourth-order valence-corrected chi connectivity index (χ4v) is 2.06. The number of unbranched alkanes of at least 4 members (excludes halogenated alkanes) is 4. The van der Waals surface area contributed by atoms with Crippen molar-refractivity contribution in [1.29, 1.82) is 0 Å². The smallest absolute Gasteiger partial charge is 0.0279 e. The van der Waals surface area contributed by atoms with Crippen molar-refractivity contribution >= 4 is 0 Å². The lowest BCUT2D eigenvalue weighted by Crippen LogP contribution is -1.88. The molecule has 0 heteroatoms. The minimum Gasteiger partial charge on any atom is -0.0683 e. The molecule has 0 aliphatic carbocycles. The molecule has 0 bridgehead atoms. The quantitative estimate of drug-likeness (QED) is 0.477. The summed E-state index contributed by atoms with van der Waals surface area (Å²) in [7, 11) is 0. The van der Waals surface area contributed by atoms with Gasteiger partial charge in [0.05, 0.1) is 0 Å². The third kappa shape index (κ3) is 10.4. The Labute approximate surface area is 115 Å². The minimum atomic E-state index is 0.879. The molecular weight excluding hydrogens is 216 g/mol. The molecule has 0 aliphatic heterocycles. The Balaban J connectivity index is 0.00000137. The Kier molecular flexibility index (Phi) is 12.1. The standard InChI is InChI=1S/C16H26.C2H6/c1-15(2)11-7-4-3-5-8-12-16-13-9-6-10-14-16;1-2/h6,9-10,13-15H,3-5,7-8,11-12H2,1-2H3;1-2H3. The Morgan fingerprint density at radius 1 is 0.778 bits per heavy atom. The predicted molar refractivity (Wildman–Crippen MR) is 84.0 cm³/mol. The van der Waals surface area contributed by atoms with Crippen molar-refractivity contribution in [2.45, 2.75) is 72.6 Å². The van der Waals surface area contributed by atoms with Gasteiger partial charge in [-0.2, -0.15) is 0 Å². The Bertz CT molecular complexity index is 248. The van der Waals surface area contributed by atoms with Crippen LogP contribution in [-0.2, 0) is 6.42 Å². The minimum absolute atomic E-state index is 0.879. The van der Waals surface area contributed by atoms with Crippen molar-refractivity contribution in [3.05, 3.63) is 35.9 Å². The van der Waals surface area contributed by atoms with Crippen LogP contribution in [0, 0.1) is 5.92 Å². The van der Waals surface area contributed by atoms with Crippen molar-refractivity contribution in [1.82, 2.24) is 0 Å². The molecule has 0 unspecified atom stereocenters. The van der Waals surface area contributed by atoms with E-state index in [0.29, 0.717) is 0 Å². The lowest BCUT2D eigenvalue weighted by Gasteiger charge is -2.04. The predicted octanol–water partition coefficient (Wildman–Crippen LogP) is 6.25. The van der Waals surface area contributed by atoms with Gasteiger partial charge in [-0.3, -0.25) is 0 Å². The van der Waals surface area contributed by atoms with Crippen LogP contribution in [0.5, 0.6) is 0 Å². The highest BCUT2D eigenvalue weighted by Gasteiger charge is 1.95. The first-order chi connectivity index (χ1) is 8.79. The second-order valence-corrected chi connectivity index (χ2v) is 5.19. The molecule has 1 aromatic rings. The Morgan fingerprint density at radius 2 is 1.33 bits per heavy atom. The van der Waals surface area contributed by atoms with Crippen molar-refractivity contribution in [2.24, 2.45) is 5.92 Å². The number of rotatable bonds is 8. The van der Waals surface area contributed by atoms with E-state index in [2.05, 4.69) is 44.2 Å². The zero-order chi connectivity index (χ0) is 13.6. The second-order valence-electron chi connectivity index (χ2n) is 5.19. The number of benzene rings is 1. The molecule has 1 aromatic carbocycles. The van der Waals surface area contributed by atoms with Gasteiger partial charge < -0.3 is 0 Å². The van der Waals surface area contributed by atoms with Gasteiger partial charge >= 0.3 is 0 Å².